The Labute approximate surface area is 123 Å². The van der Waals surface area contributed by atoms with E-state index >= 15 is 0 Å². The molecule has 1 aromatic heterocycles. The molecular formula is C13H11BrClNO3. The van der Waals surface area contributed by atoms with E-state index in [4.69, 9.17) is 20.9 Å². The van der Waals surface area contributed by atoms with Crippen LogP contribution in [0.3, 0.4) is 0 Å². The summed E-state index contributed by atoms with van der Waals surface area (Å²) in [5.74, 6) is -0.0664. The maximum absolute atomic E-state index is 12.0. The van der Waals surface area contributed by atoms with Gasteiger partial charge >= 0.3 is 5.97 Å². The van der Waals surface area contributed by atoms with Gasteiger partial charge in [0.25, 0.3) is 0 Å². The summed E-state index contributed by atoms with van der Waals surface area (Å²) in [4.78, 5) is 12.0. The SMILES string of the molecule is CCOC(=O)c1c(-c2c(Cl)cccc2Br)noc1C. The van der Waals surface area contributed by atoms with E-state index in [0.717, 1.165) is 4.47 Å². The summed E-state index contributed by atoms with van der Waals surface area (Å²) in [6.45, 7) is 3.69. The Kier molecular flexibility index (Phi) is 4.27. The van der Waals surface area contributed by atoms with Crippen LogP contribution in [-0.4, -0.2) is 17.7 Å². The number of aromatic nitrogens is 1. The van der Waals surface area contributed by atoms with Crippen molar-refractivity contribution in [1.29, 1.82) is 0 Å². The number of benzene rings is 1. The van der Waals surface area contributed by atoms with Crippen LogP contribution in [-0.2, 0) is 4.74 Å². The lowest BCUT2D eigenvalue weighted by molar-refractivity contribution is 0.0525. The first-order valence-corrected chi connectivity index (χ1v) is 6.81. The van der Waals surface area contributed by atoms with E-state index in [1.54, 1.807) is 26.0 Å². The van der Waals surface area contributed by atoms with Crippen molar-refractivity contribution in [3.63, 3.8) is 0 Å². The molecule has 2 rings (SSSR count). The Morgan fingerprint density at radius 3 is 2.89 bits per heavy atom. The number of esters is 1. The van der Waals surface area contributed by atoms with E-state index in [2.05, 4.69) is 21.1 Å². The Bertz CT molecular complexity index is 604. The van der Waals surface area contributed by atoms with Gasteiger partial charge in [0.2, 0.25) is 0 Å². The Morgan fingerprint density at radius 1 is 1.53 bits per heavy atom. The highest BCUT2D eigenvalue weighted by Crippen LogP contribution is 2.37. The number of halogens is 2. The van der Waals surface area contributed by atoms with Crippen LogP contribution in [0.1, 0.15) is 23.0 Å². The predicted octanol–water partition coefficient (Wildman–Crippen LogP) is 4.24. The summed E-state index contributed by atoms with van der Waals surface area (Å²) in [6.07, 6.45) is 0. The molecule has 100 valence electrons. The zero-order valence-electron chi connectivity index (χ0n) is 10.4. The number of rotatable bonds is 3. The highest BCUT2D eigenvalue weighted by molar-refractivity contribution is 9.10. The fourth-order valence-electron chi connectivity index (χ4n) is 1.71. The van der Waals surface area contributed by atoms with Crippen molar-refractivity contribution >= 4 is 33.5 Å². The number of nitrogens with zero attached hydrogens (tertiary/aromatic N) is 1. The smallest absolute Gasteiger partial charge is 0.344 e. The first-order valence-electron chi connectivity index (χ1n) is 5.64. The Morgan fingerprint density at radius 2 is 2.26 bits per heavy atom. The molecule has 0 spiro atoms. The van der Waals surface area contributed by atoms with Gasteiger partial charge in [0, 0.05) is 10.0 Å². The van der Waals surface area contributed by atoms with Crippen molar-refractivity contribution in [2.45, 2.75) is 13.8 Å². The van der Waals surface area contributed by atoms with Crippen LogP contribution in [0.15, 0.2) is 27.2 Å². The Balaban J connectivity index is 2.61. The molecule has 4 nitrogen and oxygen atoms in total. The minimum atomic E-state index is -0.469. The molecule has 2 aromatic rings. The van der Waals surface area contributed by atoms with Crippen molar-refractivity contribution in [3.05, 3.63) is 39.0 Å². The maximum Gasteiger partial charge on any atom is 0.344 e. The van der Waals surface area contributed by atoms with Crippen LogP contribution in [0.5, 0.6) is 0 Å². The van der Waals surface area contributed by atoms with Crippen molar-refractivity contribution < 1.29 is 14.1 Å². The molecule has 0 N–H and O–H groups in total. The van der Waals surface area contributed by atoms with Crippen molar-refractivity contribution in [3.8, 4) is 11.3 Å². The van der Waals surface area contributed by atoms with Gasteiger partial charge in [-0.2, -0.15) is 0 Å². The van der Waals surface area contributed by atoms with E-state index in [1.165, 1.54) is 0 Å². The average molecular weight is 345 g/mol. The third kappa shape index (κ3) is 2.67. The molecule has 0 saturated carbocycles. The number of hydrogen-bond acceptors (Lipinski definition) is 4. The van der Waals surface area contributed by atoms with Crippen LogP contribution in [0, 0.1) is 6.92 Å². The summed E-state index contributed by atoms with van der Waals surface area (Å²) < 4.78 is 10.8. The summed E-state index contributed by atoms with van der Waals surface area (Å²) in [5, 5.41) is 4.40. The zero-order valence-corrected chi connectivity index (χ0v) is 12.7. The van der Waals surface area contributed by atoms with Gasteiger partial charge in [-0.05, 0) is 26.0 Å². The largest absolute Gasteiger partial charge is 0.462 e. The highest BCUT2D eigenvalue weighted by Gasteiger charge is 2.25. The van der Waals surface area contributed by atoms with Crippen LogP contribution in [0.2, 0.25) is 5.02 Å². The molecular weight excluding hydrogens is 334 g/mol. The Hall–Kier alpha value is -1.33. The normalized spacial score (nSPS) is 10.5. The van der Waals surface area contributed by atoms with E-state index in [9.17, 15) is 4.79 Å². The predicted molar refractivity (Wildman–Crippen MR) is 75.3 cm³/mol. The van der Waals surface area contributed by atoms with Gasteiger partial charge in [0.1, 0.15) is 17.0 Å². The van der Waals surface area contributed by atoms with E-state index in [0.29, 0.717) is 27.6 Å². The number of carbonyl (C=O) groups excluding carboxylic acids is 1. The maximum atomic E-state index is 12.0. The number of carbonyl (C=O) groups is 1. The lowest BCUT2D eigenvalue weighted by Gasteiger charge is -2.06. The molecule has 0 radical (unpaired) electrons. The lowest BCUT2D eigenvalue weighted by atomic mass is 10.1. The second-order valence-corrected chi connectivity index (χ2v) is 5.04. The van der Waals surface area contributed by atoms with Crippen LogP contribution in [0.25, 0.3) is 11.3 Å². The molecule has 0 unspecified atom stereocenters. The minimum absolute atomic E-state index is 0.284. The molecule has 0 aliphatic heterocycles. The average Bonchev–Trinajstić information content (AvgIpc) is 2.71. The van der Waals surface area contributed by atoms with Gasteiger partial charge < -0.3 is 9.26 Å². The molecule has 0 amide bonds. The molecule has 0 fully saturated rings. The van der Waals surface area contributed by atoms with Gasteiger partial charge in [0.15, 0.2) is 0 Å². The van der Waals surface area contributed by atoms with Gasteiger partial charge in [-0.25, -0.2) is 4.79 Å². The van der Waals surface area contributed by atoms with E-state index in [1.807, 2.05) is 6.07 Å². The van der Waals surface area contributed by atoms with Crippen molar-refractivity contribution in [1.82, 2.24) is 5.16 Å². The fourth-order valence-corrected chi connectivity index (χ4v) is 2.64. The number of hydrogen-bond donors (Lipinski definition) is 0. The quantitative estimate of drug-likeness (QED) is 0.781. The molecule has 1 heterocycles. The molecule has 0 bridgehead atoms. The first-order chi connectivity index (χ1) is 9.06. The third-order valence-electron chi connectivity index (χ3n) is 2.54. The highest BCUT2D eigenvalue weighted by atomic mass is 79.9. The van der Waals surface area contributed by atoms with Crippen molar-refractivity contribution in [2.24, 2.45) is 0 Å². The summed E-state index contributed by atoms with van der Waals surface area (Å²) in [5.41, 5.74) is 1.30. The van der Waals surface area contributed by atoms with Crippen LogP contribution < -0.4 is 0 Å². The van der Waals surface area contributed by atoms with Gasteiger partial charge in [-0.1, -0.05) is 38.8 Å². The topological polar surface area (TPSA) is 52.3 Å². The van der Waals surface area contributed by atoms with Gasteiger partial charge in [0.05, 0.1) is 11.6 Å². The van der Waals surface area contributed by atoms with Gasteiger partial charge in [-0.3, -0.25) is 0 Å². The van der Waals surface area contributed by atoms with Crippen molar-refractivity contribution in [2.75, 3.05) is 6.61 Å². The molecule has 6 heteroatoms. The second kappa shape index (κ2) is 5.75. The standard InChI is InChI=1S/C13H11BrClNO3/c1-3-18-13(17)10-7(2)19-16-12(10)11-8(14)5-4-6-9(11)15/h4-6H,3H2,1-2H3. The van der Waals surface area contributed by atoms with E-state index in [-0.39, 0.29) is 6.61 Å². The fraction of sp³-hybridized carbons (Fsp3) is 0.231. The zero-order chi connectivity index (χ0) is 14.0. The minimum Gasteiger partial charge on any atom is -0.462 e. The summed E-state index contributed by atoms with van der Waals surface area (Å²) >= 11 is 9.56. The summed E-state index contributed by atoms with van der Waals surface area (Å²) in [6, 6.07) is 5.34. The molecule has 0 atom stereocenters. The molecule has 0 saturated heterocycles. The molecule has 1 aromatic carbocycles. The van der Waals surface area contributed by atoms with Gasteiger partial charge in [-0.15, -0.1) is 0 Å². The molecule has 0 aliphatic rings. The number of ether oxygens (including phenoxy) is 1. The number of aryl methyl sites for hydroxylation is 1. The van der Waals surface area contributed by atoms with Crippen LogP contribution >= 0.6 is 27.5 Å². The second-order valence-electron chi connectivity index (χ2n) is 3.78. The first kappa shape index (κ1) is 14.1. The molecule has 0 aliphatic carbocycles. The lowest BCUT2D eigenvalue weighted by Crippen LogP contribution is -2.06. The third-order valence-corrected chi connectivity index (χ3v) is 3.52. The molecule has 19 heavy (non-hydrogen) atoms. The van der Waals surface area contributed by atoms with E-state index < -0.39 is 5.97 Å². The summed E-state index contributed by atoms with van der Waals surface area (Å²) in [7, 11) is 0. The monoisotopic (exact) mass is 343 g/mol. The van der Waals surface area contributed by atoms with Crippen LogP contribution in [0.4, 0.5) is 0 Å².